The van der Waals surface area contributed by atoms with Crippen LogP contribution in [0.4, 0.5) is 0 Å². The summed E-state index contributed by atoms with van der Waals surface area (Å²) in [5, 5.41) is -0.598. The van der Waals surface area contributed by atoms with E-state index in [-0.39, 0.29) is 11.8 Å². The topological polar surface area (TPSA) is 37.4 Å². The van der Waals surface area contributed by atoms with E-state index < -0.39 is 5.38 Å². The smallest absolute Gasteiger partial charge is 0.246 e. The summed E-state index contributed by atoms with van der Waals surface area (Å²) >= 11 is 5.65. The number of halogens is 1. The van der Waals surface area contributed by atoms with E-state index in [0.717, 1.165) is 12.8 Å². The SMILES string of the molecule is CCCC1CC(=O)N(C(=O)C(C)Cl)C1. The number of nitrogens with zero attached hydrogens (tertiary/aromatic N) is 1. The molecule has 2 atom stereocenters. The fraction of sp³-hybridized carbons (Fsp3) is 0.800. The van der Waals surface area contributed by atoms with E-state index in [1.54, 1.807) is 6.92 Å². The quantitative estimate of drug-likeness (QED) is 0.676. The van der Waals surface area contributed by atoms with Crippen LogP contribution in [0.1, 0.15) is 33.1 Å². The third-order valence-electron chi connectivity index (χ3n) is 2.51. The van der Waals surface area contributed by atoms with Gasteiger partial charge in [0.15, 0.2) is 0 Å². The zero-order valence-corrected chi connectivity index (χ0v) is 9.38. The molecule has 1 saturated heterocycles. The number of hydrogen-bond acceptors (Lipinski definition) is 2. The Hall–Kier alpha value is -0.570. The molecule has 1 aliphatic heterocycles. The first-order valence-corrected chi connectivity index (χ1v) is 5.48. The van der Waals surface area contributed by atoms with Crippen molar-refractivity contribution in [1.82, 2.24) is 4.90 Å². The van der Waals surface area contributed by atoms with E-state index in [2.05, 4.69) is 6.92 Å². The van der Waals surface area contributed by atoms with Crippen molar-refractivity contribution in [1.29, 1.82) is 0 Å². The summed E-state index contributed by atoms with van der Waals surface area (Å²) in [5.41, 5.74) is 0. The Morgan fingerprint density at radius 2 is 2.36 bits per heavy atom. The van der Waals surface area contributed by atoms with Gasteiger partial charge in [0.05, 0.1) is 0 Å². The Bertz CT molecular complexity index is 240. The van der Waals surface area contributed by atoms with Crippen molar-refractivity contribution in [3.05, 3.63) is 0 Å². The fourth-order valence-corrected chi connectivity index (χ4v) is 1.93. The molecule has 1 heterocycles. The Morgan fingerprint density at radius 1 is 1.71 bits per heavy atom. The van der Waals surface area contributed by atoms with Gasteiger partial charge in [-0.15, -0.1) is 11.6 Å². The molecule has 2 unspecified atom stereocenters. The van der Waals surface area contributed by atoms with Crippen LogP contribution in [-0.4, -0.2) is 28.6 Å². The highest BCUT2D eigenvalue weighted by Crippen LogP contribution is 2.23. The van der Waals surface area contributed by atoms with Crippen LogP contribution in [0.3, 0.4) is 0 Å². The van der Waals surface area contributed by atoms with Crippen molar-refractivity contribution >= 4 is 23.4 Å². The molecule has 1 rings (SSSR count). The molecule has 0 aliphatic carbocycles. The lowest BCUT2D eigenvalue weighted by Gasteiger charge is -2.15. The van der Waals surface area contributed by atoms with E-state index in [0.29, 0.717) is 18.9 Å². The highest BCUT2D eigenvalue weighted by atomic mass is 35.5. The van der Waals surface area contributed by atoms with Crippen molar-refractivity contribution in [2.24, 2.45) is 5.92 Å². The normalized spacial score (nSPS) is 24.1. The number of alkyl halides is 1. The zero-order valence-electron chi connectivity index (χ0n) is 8.62. The maximum absolute atomic E-state index is 11.5. The van der Waals surface area contributed by atoms with E-state index in [4.69, 9.17) is 11.6 Å². The average Bonchev–Trinajstić information content (AvgIpc) is 2.46. The van der Waals surface area contributed by atoms with Crippen LogP contribution in [-0.2, 0) is 9.59 Å². The lowest BCUT2D eigenvalue weighted by molar-refractivity contribution is -0.141. The largest absolute Gasteiger partial charge is 0.281 e. The first-order chi connectivity index (χ1) is 6.56. The van der Waals surface area contributed by atoms with Gasteiger partial charge >= 0.3 is 0 Å². The maximum Gasteiger partial charge on any atom is 0.246 e. The molecule has 0 aromatic heterocycles. The van der Waals surface area contributed by atoms with Gasteiger partial charge in [-0.3, -0.25) is 14.5 Å². The lowest BCUT2D eigenvalue weighted by atomic mass is 10.0. The lowest BCUT2D eigenvalue weighted by Crippen LogP contribution is -2.36. The number of likely N-dealkylation sites (tertiary alicyclic amines) is 1. The van der Waals surface area contributed by atoms with Crippen LogP contribution in [0.25, 0.3) is 0 Å². The third kappa shape index (κ3) is 2.47. The number of imide groups is 1. The summed E-state index contributed by atoms with van der Waals surface area (Å²) in [6.45, 7) is 4.24. The van der Waals surface area contributed by atoms with Crippen LogP contribution in [0.15, 0.2) is 0 Å². The van der Waals surface area contributed by atoms with Gasteiger partial charge in [-0.1, -0.05) is 13.3 Å². The number of carbonyl (C=O) groups is 2. The van der Waals surface area contributed by atoms with E-state index in [1.807, 2.05) is 0 Å². The highest BCUT2D eigenvalue weighted by Gasteiger charge is 2.34. The molecular weight excluding hydrogens is 202 g/mol. The standard InChI is InChI=1S/C10H16ClNO2/c1-3-4-8-5-9(13)12(6-8)10(14)7(2)11/h7-8H,3-6H2,1-2H3. The molecule has 0 saturated carbocycles. The number of rotatable bonds is 3. The van der Waals surface area contributed by atoms with Crippen LogP contribution < -0.4 is 0 Å². The van der Waals surface area contributed by atoms with Crippen molar-refractivity contribution in [2.45, 2.75) is 38.5 Å². The third-order valence-corrected chi connectivity index (χ3v) is 2.70. The maximum atomic E-state index is 11.5. The molecule has 0 spiro atoms. The number of amides is 2. The molecule has 0 aromatic carbocycles. The van der Waals surface area contributed by atoms with E-state index >= 15 is 0 Å². The molecule has 2 amide bonds. The minimum absolute atomic E-state index is 0.0686. The monoisotopic (exact) mass is 217 g/mol. The van der Waals surface area contributed by atoms with Gasteiger partial charge in [-0.05, 0) is 19.3 Å². The molecule has 0 N–H and O–H groups in total. The van der Waals surface area contributed by atoms with Crippen LogP contribution in [0, 0.1) is 5.92 Å². The molecule has 1 fully saturated rings. The van der Waals surface area contributed by atoms with Crippen molar-refractivity contribution in [2.75, 3.05) is 6.54 Å². The van der Waals surface area contributed by atoms with Crippen molar-refractivity contribution in [3.63, 3.8) is 0 Å². The minimum Gasteiger partial charge on any atom is -0.281 e. The molecule has 0 bridgehead atoms. The summed E-state index contributed by atoms with van der Waals surface area (Å²) in [4.78, 5) is 24.2. The Balaban J connectivity index is 2.56. The number of carbonyl (C=O) groups excluding carboxylic acids is 2. The van der Waals surface area contributed by atoms with Gasteiger partial charge in [-0.2, -0.15) is 0 Å². The Labute approximate surface area is 89.4 Å². The van der Waals surface area contributed by atoms with E-state index in [1.165, 1.54) is 4.90 Å². The Morgan fingerprint density at radius 3 is 2.86 bits per heavy atom. The van der Waals surface area contributed by atoms with Crippen LogP contribution in [0.5, 0.6) is 0 Å². The fourth-order valence-electron chi connectivity index (χ4n) is 1.81. The first kappa shape index (κ1) is 11.5. The predicted molar refractivity (Wildman–Crippen MR) is 55.1 cm³/mol. The molecule has 1 aliphatic rings. The molecule has 4 heteroatoms. The van der Waals surface area contributed by atoms with Crippen LogP contribution in [0.2, 0.25) is 0 Å². The molecular formula is C10H16ClNO2. The van der Waals surface area contributed by atoms with Gasteiger partial charge in [0, 0.05) is 13.0 Å². The predicted octanol–water partition coefficient (Wildman–Crippen LogP) is 1.79. The van der Waals surface area contributed by atoms with Gasteiger partial charge in [0.25, 0.3) is 0 Å². The molecule has 14 heavy (non-hydrogen) atoms. The average molecular weight is 218 g/mol. The summed E-state index contributed by atoms with van der Waals surface area (Å²) in [5.74, 6) is 0.0167. The zero-order chi connectivity index (χ0) is 10.7. The van der Waals surface area contributed by atoms with Crippen molar-refractivity contribution < 1.29 is 9.59 Å². The molecule has 80 valence electrons. The van der Waals surface area contributed by atoms with Gasteiger partial charge < -0.3 is 0 Å². The summed E-state index contributed by atoms with van der Waals surface area (Å²) in [6, 6.07) is 0. The second kappa shape index (κ2) is 4.78. The summed E-state index contributed by atoms with van der Waals surface area (Å²) in [6.07, 6.45) is 2.56. The first-order valence-electron chi connectivity index (χ1n) is 5.04. The molecule has 0 radical (unpaired) electrons. The second-order valence-corrected chi connectivity index (χ2v) is 4.47. The van der Waals surface area contributed by atoms with Gasteiger partial charge in [0.1, 0.15) is 5.38 Å². The summed E-state index contributed by atoms with van der Waals surface area (Å²) in [7, 11) is 0. The number of hydrogen-bond donors (Lipinski definition) is 0. The molecule has 0 aromatic rings. The van der Waals surface area contributed by atoms with Gasteiger partial charge in [-0.25, -0.2) is 0 Å². The summed E-state index contributed by atoms with van der Waals surface area (Å²) < 4.78 is 0. The van der Waals surface area contributed by atoms with Crippen molar-refractivity contribution in [3.8, 4) is 0 Å². The molecule has 3 nitrogen and oxygen atoms in total. The van der Waals surface area contributed by atoms with Crippen LogP contribution >= 0.6 is 11.6 Å². The van der Waals surface area contributed by atoms with Gasteiger partial charge in [0.2, 0.25) is 11.8 Å². The second-order valence-electron chi connectivity index (χ2n) is 3.82. The minimum atomic E-state index is -0.598. The Kier molecular flexibility index (Phi) is 3.93. The highest BCUT2D eigenvalue weighted by molar-refractivity contribution is 6.31. The van der Waals surface area contributed by atoms with E-state index in [9.17, 15) is 9.59 Å².